The Morgan fingerprint density at radius 2 is 1.74 bits per heavy atom. The first-order valence-corrected chi connectivity index (χ1v) is 11.0. The fourth-order valence-electron chi connectivity index (χ4n) is 3.89. The minimum atomic E-state index is -3.31. The van der Waals surface area contributed by atoms with Crippen LogP contribution in [0.3, 0.4) is 0 Å². The molecule has 1 saturated carbocycles. The predicted octanol–water partition coefficient (Wildman–Crippen LogP) is 1.05. The van der Waals surface area contributed by atoms with Gasteiger partial charge in [-0.2, -0.15) is 0 Å². The quantitative estimate of drug-likeness (QED) is 0.725. The van der Waals surface area contributed by atoms with Crippen molar-refractivity contribution in [2.75, 3.05) is 42.7 Å². The van der Waals surface area contributed by atoms with Gasteiger partial charge in [-0.3, -0.25) is 0 Å². The first kappa shape index (κ1) is 18.1. The molecule has 1 aliphatic carbocycles. The van der Waals surface area contributed by atoms with E-state index >= 15 is 0 Å². The maximum atomic E-state index is 11.5. The molecule has 2 aliphatic rings. The van der Waals surface area contributed by atoms with E-state index in [-0.39, 0.29) is 5.03 Å². The van der Waals surface area contributed by atoms with Gasteiger partial charge in [-0.15, -0.1) is 0 Å². The lowest BCUT2D eigenvalue weighted by Crippen LogP contribution is -2.30. The number of piperidine rings is 1. The Bertz CT molecular complexity index is 904. The molecule has 1 saturated heterocycles. The van der Waals surface area contributed by atoms with Gasteiger partial charge in [0.2, 0.25) is 5.95 Å². The van der Waals surface area contributed by atoms with E-state index in [0.29, 0.717) is 23.6 Å². The van der Waals surface area contributed by atoms with Gasteiger partial charge < -0.3 is 9.80 Å². The van der Waals surface area contributed by atoms with Crippen molar-refractivity contribution < 1.29 is 8.42 Å². The maximum absolute atomic E-state index is 11.5. The molecule has 0 N–H and O–H groups in total. The van der Waals surface area contributed by atoms with E-state index in [1.54, 1.807) is 0 Å². The SMILES string of the molecule is CCc1cnc(N2C[C@@H]3C(CN(C)c4cnc(S(C)(=O)=O)cn4)[C@@H]3C2)nc1. The predicted molar refractivity (Wildman–Crippen MR) is 103 cm³/mol. The molecule has 3 heterocycles. The Balaban J connectivity index is 1.33. The fraction of sp³-hybridized carbons (Fsp3) is 0.556. The average Bonchev–Trinajstić information content (AvgIpc) is 3.10. The number of hydrogen-bond donors (Lipinski definition) is 0. The zero-order chi connectivity index (χ0) is 19.2. The molecule has 27 heavy (non-hydrogen) atoms. The van der Waals surface area contributed by atoms with Gasteiger partial charge in [0.05, 0.1) is 12.4 Å². The average molecular weight is 388 g/mol. The summed E-state index contributed by atoms with van der Waals surface area (Å²) in [6.45, 7) is 4.98. The van der Waals surface area contributed by atoms with Gasteiger partial charge in [0.1, 0.15) is 5.82 Å². The largest absolute Gasteiger partial charge is 0.358 e. The van der Waals surface area contributed by atoms with Crippen LogP contribution in [-0.2, 0) is 16.3 Å². The van der Waals surface area contributed by atoms with E-state index in [2.05, 4.69) is 36.7 Å². The fourth-order valence-corrected chi connectivity index (χ4v) is 4.37. The maximum Gasteiger partial charge on any atom is 0.225 e. The molecule has 2 fully saturated rings. The van der Waals surface area contributed by atoms with Crippen molar-refractivity contribution in [1.82, 2.24) is 19.9 Å². The normalized spacial score (nSPS) is 24.0. The van der Waals surface area contributed by atoms with Gasteiger partial charge in [0.15, 0.2) is 14.9 Å². The van der Waals surface area contributed by atoms with Crippen molar-refractivity contribution >= 4 is 21.6 Å². The van der Waals surface area contributed by atoms with Gasteiger partial charge in [0, 0.05) is 45.3 Å². The molecule has 0 bridgehead atoms. The highest BCUT2D eigenvalue weighted by Gasteiger charge is 2.56. The Hall–Kier alpha value is -2.29. The summed E-state index contributed by atoms with van der Waals surface area (Å²) in [6.07, 6.45) is 8.77. The zero-order valence-electron chi connectivity index (χ0n) is 15.8. The van der Waals surface area contributed by atoms with Gasteiger partial charge in [-0.1, -0.05) is 6.92 Å². The molecule has 8 nitrogen and oxygen atoms in total. The third kappa shape index (κ3) is 3.60. The first-order valence-electron chi connectivity index (χ1n) is 9.16. The summed E-state index contributed by atoms with van der Waals surface area (Å²) in [5.74, 6) is 3.46. The van der Waals surface area contributed by atoms with Crippen molar-refractivity contribution in [2.24, 2.45) is 17.8 Å². The molecule has 9 heteroatoms. The summed E-state index contributed by atoms with van der Waals surface area (Å²) >= 11 is 0. The van der Waals surface area contributed by atoms with E-state index in [1.807, 2.05) is 19.4 Å². The Labute approximate surface area is 159 Å². The van der Waals surface area contributed by atoms with Crippen LogP contribution < -0.4 is 9.80 Å². The van der Waals surface area contributed by atoms with Crippen molar-refractivity contribution in [3.05, 3.63) is 30.4 Å². The highest BCUT2D eigenvalue weighted by molar-refractivity contribution is 7.90. The molecule has 1 aliphatic heterocycles. The molecule has 4 rings (SSSR count). The number of sulfone groups is 1. The van der Waals surface area contributed by atoms with Crippen LogP contribution in [0.1, 0.15) is 12.5 Å². The van der Waals surface area contributed by atoms with Crippen molar-refractivity contribution in [1.29, 1.82) is 0 Å². The second kappa shape index (κ2) is 6.70. The van der Waals surface area contributed by atoms with Gasteiger partial charge in [-0.05, 0) is 29.7 Å². The molecule has 2 aromatic rings. The molecular formula is C18H24N6O2S. The Morgan fingerprint density at radius 3 is 2.26 bits per heavy atom. The topological polar surface area (TPSA) is 92.2 Å². The van der Waals surface area contributed by atoms with Gasteiger partial charge >= 0.3 is 0 Å². The van der Waals surface area contributed by atoms with Gasteiger partial charge in [-0.25, -0.2) is 28.4 Å². The van der Waals surface area contributed by atoms with Crippen LogP contribution in [-0.4, -0.2) is 61.3 Å². The lowest BCUT2D eigenvalue weighted by molar-refractivity contribution is 0.597. The molecule has 2 aromatic heterocycles. The van der Waals surface area contributed by atoms with Crippen LogP contribution in [0, 0.1) is 17.8 Å². The molecule has 3 atom stereocenters. The number of nitrogens with zero attached hydrogens (tertiary/aromatic N) is 6. The monoisotopic (exact) mass is 388 g/mol. The van der Waals surface area contributed by atoms with Crippen LogP contribution in [0.25, 0.3) is 0 Å². The summed E-state index contributed by atoms with van der Waals surface area (Å²) < 4.78 is 23.0. The second-order valence-corrected chi connectivity index (χ2v) is 9.47. The number of anilines is 2. The smallest absolute Gasteiger partial charge is 0.225 e. The number of rotatable bonds is 6. The van der Waals surface area contributed by atoms with Crippen molar-refractivity contribution in [3.8, 4) is 0 Å². The third-order valence-corrected chi connectivity index (χ3v) is 6.59. The van der Waals surface area contributed by atoms with E-state index < -0.39 is 9.84 Å². The number of hydrogen-bond acceptors (Lipinski definition) is 8. The van der Waals surface area contributed by atoms with Crippen LogP contribution in [0.4, 0.5) is 11.8 Å². The molecule has 0 amide bonds. The summed E-state index contributed by atoms with van der Waals surface area (Å²) in [5, 5.41) is 0.00711. The third-order valence-electron chi connectivity index (χ3n) is 5.62. The zero-order valence-corrected chi connectivity index (χ0v) is 16.6. The molecule has 1 unspecified atom stereocenters. The number of aromatic nitrogens is 4. The molecule has 0 spiro atoms. The standard InChI is InChI=1S/C18H24N6O2S/c1-4-12-5-21-18(22-6-12)24-10-14-13(15(14)11-24)9-23(2)16-7-20-17(8-19-16)27(3,25)26/h5-8,13-15H,4,9-11H2,1-3H3/t13?,14-,15+. The number of aryl methyl sites for hydroxylation is 1. The van der Waals surface area contributed by atoms with Crippen molar-refractivity contribution in [3.63, 3.8) is 0 Å². The summed E-state index contributed by atoms with van der Waals surface area (Å²) in [4.78, 5) is 21.6. The van der Waals surface area contributed by atoms with Gasteiger partial charge in [0.25, 0.3) is 0 Å². The molecule has 0 radical (unpaired) electrons. The van der Waals surface area contributed by atoms with Crippen molar-refractivity contribution in [2.45, 2.75) is 18.4 Å². The van der Waals surface area contributed by atoms with Crippen LogP contribution >= 0.6 is 0 Å². The lowest BCUT2D eigenvalue weighted by atomic mass is 10.2. The van der Waals surface area contributed by atoms with Crippen LogP contribution in [0.5, 0.6) is 0 Å². The molecule has 144 valence electrons. The second-order valence-electron chi connectivity index (χ2n) is 7.51. The number of fused-ring (bicyclic) bond motifs is 1. The van der Waals surface area contributed by atoms with E-state index in [1.165, 1.54) is 12.4 Å². The van der Waals surface area contributed by atoms with E-state index in [4.69, 9.17) is 0 Å². The minimum absolute atomic E-state index is 0.00711. The van der Waals surface area contributed by atoms with Crippen LogP contribution in [0.2, 0.25) is 0 Å². The molecule has 0 aromatic carbocycles. The van der Waals surface area contributed by atoms with E-state index in [9.17, 15) is 8.42 Å². The Morgan fingerprint density at radius 1 is 1.07 bits per heavy atom. The first-order chi connectivity index (χ1) is 12.9. The lowest BCUT2D eigenvalue weighted by Gasteiger charge is -2.23. The highest BCUT2D eigenvalue weighted by Crippen LogP contribution is 2.52. The van der Waals surface area contributed by atoms with Crippen LogP contribution in [0.15, 0.2) is 29.8 Å². The highest BCUT2D eigenvalue weighted by atomic mass is 32.2. The summed E-state index contributed by atoms with van der Waals surface area (Å²) in [5.41, 5.74) is 1.16. The minimum Gasteiger partial charge on any atom is -0.358 e. The summed E-state index contributed by atoms with van der Waals surface area (Å²) in [7, 11) is -1.34. The molecular weight excluding hydrogens is 364 g/mol. The van der Waals surface area contributed by atoms with E-state index in [0.717, 1.165) is 43.8 Å². The Kier molecular flexibility index (Phi) is 4.49. The summed E-state index contributed by atoms with van der Waals surface area (Å²) in [6, 6.07) is 0.